The molecule has 0 radical (unpaired) electrons. The van der Waals surface area contributed by atoms with Gasteiger partial charge in [-0.2, -0.15) is 0 Å². The molecule has 1 N–H and O–H groups in total. The third-order valence-corrected chi connectivity index (χ3v) is 4.51. The number of benzene rings is 1. The lowest BCUT2D eigenvalue weighted by molar-refractivity contribution is -0.119. The van der Waals surface area contributed by atoms with Gasteiger partial charge in [-0.05, 0) is 37.6 Å². The summed E-state index contributed by atoms with van der Waals surface area (Å²) in [5, 5.41) is 2.78. The number of hydrogen-bond donors (Lipinski definition) is 1. The van der Waals surface area contributed by atoms with E-state index in [1.807, 2.05) is 35.8 Å². The van der Waals surface area contributed by atoms with E-state index in [2.05, 4.69) is 5.32 Å². The van der Waals surface area contributed by atoms with Gasteiger partial charge in [0.2, 0.25) is 5.91 Å². The smallest absolute Gasteiger partial charge is 0.217 e. The Morgan fingerprint density at radius 2 is 2.00 bits per heavy atom. The number of amides is 1. The molecule has 6 nitrogen and oxygen atoms in total. The van der Waals surface area contributed by atoms with Gasteiger partial charge in [-0.15, -0.1) is 0 Å². The second kappa shape index (κ2) is 7.95. The zero-order chi connectivity index (χ0) is 18.7. The molecule has 3 rings (SSSR count). The molecule has 2 heterocycles. The number of carbonyl (C=O) groups is 1. The molecule has 1 aromatic carbocycles. The standard InChI is InChI=1S/C19H26FN3O3/c1-13(2)19-23(12-16(26-19)11-21-14(3)24)15-4-5-18(17(20)10-15)22-6-8-25-9-7-22/h4-5,10,16H,6-9,11-12H2,1-3H3,(H,21,24). The second-order valence-electron chi connectivity index (χ2n) is 6.83. The van der Waals surface area contributed by atoms with Crippen LogP contribution in [0.2, 0.25) is 0 Å². The van der Waals surface area contributed by atoms with Crippen molar-refractivity contribution in [3.05, 3.63) is 35.5 Å². The van der Waals surface area contributed by atoms with Crippen molar-refractivity contribution in [3.8, 4) is 0 Å². The van der Waals surface area contributed by atoms with E-state index in [0.29, 0.717) is 45.1 Å². The van der Waals surface area contributed by atoms with Crippen LogP contribution in [0.3, 0.4) is 0 Å². The molecule has 1 aromatic rings. The molecule has 2 aliphatic heterocycles. The van der Waals surface area contributed by atoms with Gasteiger partial charge < -0.3 is 24.6 Å². The summed E-state index contributed by atoms with van der Waals surface area (Å²) in [4.78, 5) is 15.1. The summed E-state index contributed by atoms with van der Waals surface area (Å²) < 4.78 is 26.0. The molecular formula is C19H26FN3O3. The molecule has 1 amide bonds. The summed E-state index contributed by atoms with van der Waals surface area (Å²) in [6, 6.07) is 5.29. The topological polar surface area (TPSA) is 54.0 Å². The third kappa shape index (κ3) is 4.09. The van der Waals surface area contributed by atoms with Crippen molar-refractivity contribution in [1.82, 2.24) is 5.32 Å². The highest BCUT2D eigenvalue weighted by Crippen LogP contribution is 2.32. The fourth-order valence-corrected chi connectivity index (χ4v) is 3.24. The Balaban J connectivity index is 1.79. The molecule has 0 saturated carbocycles. The Morgan fingerprint density at radius 1 is 1.27 bits per heavy atom. The van der Waals surface area contributed by atoms with Crippen LogP contribution in [0.25, 0.3) is 0 Å². The van der Waals surface area contributed by atoms with E-state index in [4.69, 9.17) is 9.47 Å². The van der Waals surface area contributed by atoms with E-state index in [9.17, 15) is 9.18 Å². The minimum atomic E-state index is -0.247. The molecule has 1 unspecified atom stereocenters. The van der Waals surface area contributed by atoms with E-state index in [0.717, 1.165) is 17.1 Å². The molecular weight excluding hydrogens is 337 g/mol. The summed E-state index contributed by atoms with van der Waals surface area (Å²) in [6.07, 6.45) is -0.161. The van der Waals surface area contributed by atoms with Crippen LogP contribution in [0.15, 0.2) is 29.7 Å². The number of halogens is 1. The number of carbonyl (C=O) groups excluding carboxylic acids is 1. The molecule has 1 atom stereocenters. The summed E-state index contributed by atoms with van der Waals surface area (Å²) in [5.74, 6) is 0.383. The molecule has 2 aliphatic rings. The Bertz CT molecular complexity index is 697. The monoisotopic (exact) mass is 363 g/mol. The SMILES string of the molecule is CC(=O)NCC1CN(c2ccc(N3CCOCC3)c(F)c2)C(=C(C)C)O1. The lowest BCUT2D eigenvalue weighted by atomic mass is 10.2. The van der Waals surface area contributed by atoms with Crippen LogP contribution < -0.4 is 15.1 Å². The van der Waals surface area contributed by atoms with Crippen LogP contribution in [-0.4, -0.2) is 51.4 Å². The molecule has 0 aromatic heterocycles. The molecule has 142 valence electrons. The van der Waals surface area contributed by atoms with E-state index < -0.39 is 0 Å². The van der Waals surface area contributed by atoms with Gasteiger partial charge in [-0.1, -0.05) is 0 Å². The molecule has 0 spiro atoms. The van der Waals surface area contributed by atoms with Gasteiger partial charge in [-0.25, -0.2) is 4.39 Å². The van der Waals surface area contributed by atoms with Crippen LogP contribution in [-0.2, 0) is 14.3 Å². The van der Waals surface area contributed by atoms with Gasteiger partial charge in [0.05, 0.1) is 32.0 Å². The minimum Gasteiger partial charge on any atom is -0.472 e. The summed E-state index contributed by atoms with van der Waals surface area (Å²) in [7, 11) is 0. The largest absolute Gasteiger partial charge is 0.472 e. The Labute approximate surface area is 153 Å². The fourth-order valence-electron chi connectivity index (χ4n) is 3.24. The summed E-state index contributed by atoms with van der Waals surface area (Å²) >= 11 is 0. The predicted octanol–water partition coefficient (Wildman–Crippen LogP) is 2.25. The van der Waals surface area contributed by atoms with Gasteiger partial charge in [0.15, 0.2) is 5.88 Å². The van der Waals surface area contributed by atoms with Crippen LogP contribution in [0.4, 0.5) is 15.8 Å². The van der Waals surface area contributed by atoms with Crippen LogP contribution >= 0.6 is 0 Å². The number of morpholine rings is 1. The normalized spacial score (nSPS) is 20.2. The Hall–Kier alpha value is -2.28. The number of nitrogens with one attached hydrogen (secondary N) is 1. The average Bonchev–Trinajstić information content (AvgIpc) is 3.05. The van der Waals surface area contributed by atoms with Gasteiger partial charge in [0.25, 0.3) is 0 Å². The highest BCUT2D eigenvalue weighted by molar-refractivity contribution is 5.72. The number of hydrogen-bond acceptors (Lipinski definition) is 5. The maximum absolute atomic E-state index is 14.7. The summed E-state index contributed by atoms with van der Waals surface area (Å²) in [6.45, 7) is 9.02. The minimum absolute atomic E-state index is 0.0910. The second-order valence-corrected chi connectivity index (χ2v) is 6.83. The van der Waals surface area contributed by atoms with Crippen molar-refractivity contribution in [2.45, 2.75) is 26.9 Å². The van der Waals surface area contributed by atoms with E-state index >= 15 is 0 Å². The highest BCUT2D eigenvalue weighted by Gasteiger charge is 2.30. The zero-order valence-electron chi connectivity index (χ0n) is 15.5. The van der Waals surface area contributed by atoms with Crippen molar-refractivity contribution < 1.29 is 18.7 Å². The van der Waals surface area contributed by atoms with E-state index in [-0.39, 0.29) is 17.8 Å². The van der Waals surface area contributed by atoms with Gasteiger partial charge in [0, 0.05) is 25.7 Å². The van der Waals surface area contributed by atoms with Crippen molar-refractivity contribution in [1.29, 1.82) is 0 Å². The van der Waals surface area contributed by atoms with Crippen molar-refractivity contribution in [2.24, 2.45) is 0 Å². The van der Waals surface area contributed by atoms with Gasteiger partial charge in [0.1, 0.15) is 11.9 Å². The first-order valence-electron chi connectivity index (χ1n) is 8.94. The highest BCUT2D eigenvalue weighted by atomic mass is 19.1. The lowest BCUT2D eigenvalue weighted by Crippen LogP contribution is -2.36. The molecule has 0 bridgehead atoms. The third-order valence-electron chi connectivity index (χ3n) is 4.51. The molecule has 2 fully saturated rings. The average molecular weight is 363 g/mol. The van der Waals surface area contributed by atoms with E-state index in [1.165, 1.54) is 6.92 Å². The number of nitrogens with zero attached hydrogens (tertiary/aromatic N) is 2. The number of anilines is 2. The maximum Gasteiger partial charge on any atom is 0.217 e. The predicted molar refractivity (Wildman–Crippen MR) is 98.7 cm³/mol. The Morgan fingerprint density at radius 3 is 2.62 bits per heavy atom. The molecule has 0 aliphatic carbocycles. The molecule has 26 heavy (non-hydrogen) atoms. The maximum atomic E-state index is 14.7. The zero-order valence-corrected chi connectivity index (χ0v) is 15.5. The first-order chi connectivity index (χ1) is 12.5. The first kappa shape index (κ1) is 18.5. The number of rotatable bonds is 4. The quantitative estimate of drug-likeness (QED) is 0.889. The van der Waals surface area contributed by atoms with Gasteiger partial charge >= 0.3 is 0 Å². The lowest BCUT2D eigenvalue weighted by Gasteiger charge is -2.29. The van der Waals surface area contributed by atoms with Crippen molar-refractivity contribution in [3.63, 3.8) is 0 Å². The number of allylic oxidation sites excluding steroid dienone is 1. The van der Waals surface area contributed by atoms with Crippen LogP contribution in [0, 0.1) is 5.82 Å². The fraction of sp³-hybridized carbons (Fsp3) is 0.526. The Kier molecular flexibility index (Phi) is 5.66. The van der Waals surface area contributed by atoms with Crippen molar-refractivity contribution in [2.75, 3.05) is 49.2 Å². The van der Waals surface area contributed by atoms with Crippen LogP contribution in [0.1, 0.15) is 20.8 Å². The van der Waals surface area contributed by atoms with Crippen molar-refractivity contribution >= 4 is 17.3 Å². The van der Waals surface area contributed by atoms with Crippen LogP contribution in [0.5, 0.6) is 0 Å². The van der Waals surface area contributed by atoms with Gasteiger partial charge in [-0.3, -0.25) is 4.79 Å². The van der Waals surface area contributed by atoms with E-state index in [1.54, 1.807) is 6.07 Å². The molecule has 7 heteroatoms. The first-order valence-corrected chi connectivity index (χ1v) is 8.94. The summed E-state index contributed by atoms with van der Waals surface area (Å²) in [5.41, 5.74) is 2.36. The number of ether oxygens (including phenoxy) is 2. The molecule has 2 saturated heterocycles.